The zero-order chi connectivity index (χ0) is 11.0. The highest BCUT2D eigenvalue weighted by Gasteiger charge is 2.33. The smallest absolute Gasteiger partial charge is 0.260 e. The Balaban J connectivity index is 3.74. The minimum atomic E-state index is -2.20. The quantitative estimate of drug-likeness (QED) is 0.505. The molecule has 0 spiro atoms. The molecule has 1 nitrogen and oxygen atoms in total. The van der Waals surface area contributed by atoms with E-state index in [9.17, 15) is 4.39 Å². The van der Waals surface area contributed by atoms with Crippen molar-refractivity contribution in [2.45, 2.75) is 50.0 Å². The Morgan fingerprint density at radius 3 is 2.29 bits per heavy atom. The van der Waals surface area contributed by atoms with Gasteiger partial charge in [-0.05, 0) is 12.8 Å². The molecule has 0 aromatic rings. The SMILES string of the molecule is CCCCCCC(CCO)C(F)(Cl)Cl. The Labute approximate surface area is 95.6 Å². The fourth-order valence-electron chi connectivity index (χ4n) is 1.45. The molecule has 0 rings (SSSR count). The van der Waals surface area contributed by atoms with E-state index >= 15 is 0 Å². The van der Waals surface area contributed by atoms with Crippen LogP contribution in [0.3, 0.4) is 0 Å². The molecule has 0 aliphatic carbocycles. The summed E-state index contributed by atoms with van der Waals surface area (Å²) in [5, 5.41) is 8.72. The molecule has 0 aliphatic rings. The van der Waals surface area contributed by atoms with Crippen molar-refractivity contribution in [3.63, 3.8) is 0 Å². The third-order valence-electron chi connectivity index (χ3n) is 2.35. The van der Waals surface area contributed by atoms with Crippen LogP contribution in [0, 0.1) is 5.92 Å². The van der Waals surface area contributed by atoms with E-state index in [1.54, 1.807) is 0 Å². The summed E-state index contributed by atoms with van der Waals surface area (Å²) in [4.78, 5) is 0. The Bertz CT molecular complexity index is 137. The highest BCUT2D eigenvalue weighted by molar-refractivity contribution is 6.47. The van der Waals surface area contributed by atoms with Gasteiger partial charge in [-0.15, -0.1) is 0 Å². The number of unbranched alkanes of at least 4 members (excludes halogenated alkanes) is 3. The maximum Gasteiger partial charge on any atom is 0.260 e. The molecule has 0 radical (unpaired) electrons. The lowest BCUT2D eigenvalue weighted by molar-refractivity contribution is 0.189. The molecule has 1 atom stereocenters. The second-order valence-corrected chi connectivity index (χ2v) is 4.89. The molecular weight excluding hydrogens is 226 g/mol. The van der Waals surface area contributed by atoms with Crippen LogP contribution < -0.4 is 0 Å². The van der Waals surface area contributed by atoms with E-state index in [0.29, 0.717) is 12.8 Å². The van der Waals surface area contributed by atoms with E-state index in [-0.39, 0.29) is 6.61 Å². The van der Waals surface area contributed by atoms with Crippen molar-refractivity contribution in [2.75, 3.05) is 6.61 Å². The van der Waals surface area contributed by atoms with Gasteiger partial charge in [0.15, 0.2) is 0 Å². The molecule has 1 N–H and O–H groups in total. The van der Waals surface area contributed by atoms with Crippen LogP contribution in [-0.4, -0.2) is 16.3 Å². The third kappa shape index (κ3) is 6.86. The van der Waals surface area contributed by atoms with Crippen LogP contribution in [0.15, 0.2) is 0 Å². The molecule has 4 heteroatoms. The van der Waals surface area contributed by atoms with Gasteiger partial charge in [-0.1, -0.05) is 55.8 Å². The lowest BCUT2D eigenvalue weighted by Crippen LogP contribution is -2.21. The van der Waals surface area contributed by atoms with Gasteiger partial charge in [-0.25, -0.2) is 4.39 Å². The topological polar surface area (TPSA) is 20.2 Å². The second kappa shape index (κ2) is 7.72. The molecule has 0 fully saturated rings. The van der Waals surface area contributed by atoms with Crippen LogP contribution in [0.25, 0.3) is 0 Å². The van der Waals surface area contributed by atoms with Gasteiger partial charge in [0.1, 0.15) is 0 Å². The Hall–Kier alpha value is 0.470. The van der Waals surface area contributed by atoms with Gasteiger partial charge in [0.05, 0.1) is 0 Å². The molecule has 0 aromatic heterocycles. The Morgan fingerprint density at radius 2 is 1.86 bits per heavy atom. The van der Waals surface area contributed by atoms with E-state index in [1.165, 1.54) is 0 Å². The molecule has 0 amide bonds. The summed E-state index contributed by atoms with van der Waals surface area (Å²) in [6.45, 7) is 2.05. The standard InChI is InChI=1S/C10H19Cl2FO/c1-2-3-4-5-6-9(7-8-14)10(11,12)13/h9,14H,2-8H2,1H3. The minimum Gasteiger partial charge on any atom is -0.396 e. The summed E-state index contributed by atoms with van der Waals surface area (Å²) >= 11 is 10.8. The highest BCUT2D eigenvalue weighted by atomic mass is 35.5. The second-order valence-electron chi connectivity index (χ2n) is 3.60. The molecule has 86 valence electrons. The molecule has 1 unspecified atom stereocenters. The van der Waals surface area contributed by atoms with Gasteiger partial charge >= 0.3 is 0 Å². The predicted molar refractivity (Wildman–Crippen MR) is 59.5 cm³/mol. The summed E-state index contributed by atoms with van der Waals surface area (Å²) in [5.41, 5.74) is 0. The summed E-state index contributed by atoms with van der Waals surface area (Å²) in [7, 11) is 0. The summed E-state index contributed by atoms with van der Waals surface area (Å²) in [6, 6.07) is 0. The van der Waals surface area contributed by atoms with Crippen molar-refractivity contribution in [2.24, 2.45) is 5.92 Å². The molecule has 0 aliphatic heterocycles. The first-order valence-electron chi connectivity index (χ1n) is 5.20. The van der Waals surface area contributed by atoms with Crippen LogP contribution in [-0.2, 0) is 0 Å². The first-order valence-corrected chi connectivity index (χ1v) is 5.95. The minimum absolute atomic E-state index is 0.0659. The molecule has 0 saturated heterocycles. The van der Waals surface area contributed by atoms with Crippen LogP contribution >= 0.6 is 23.2 Å². The molecular formula is C10H19Cl2FO. The van der Waals surface area contributed by atoms with Crippen molar-refractivity contribution < 1.29 is 9.50 Å². The predicted octanol–water partition coefficient (Wildman–Crippen LogP) is 4.06. The normalized spacial score (nSPS) is 14.4. The van der Waals surface area contributed by atoms with E-state index < -0.39 is 10.5 Å². The van der Waals surface area contributed by atoms with Crippen molar-refractivity contribution in [1.82, 2.24) is 0 Å². The van der Waals surface area contributed by atoms with Crippen molar-refractivity contribution >= 4 is 23.2 Å². The summed E-state index contributed by atoms with van der Waals surface area (Å²) < 4.78 is 11.0. The average molecular weight is 245 g/mol. The van der Waals surface area contributed by atoms with Crippen LogP contribution in [0.1, 0.15) is 45.4 Å². The highest BCUT2D eigenvalue weighted by Crippen LogP contribution is 2.37. The number of rotatable bonds is 8. The zero-order valence-electron chi connectivity index (χ0n) is 8.61. The number of halogens is 3. The average Bonchev–Trinajstić information content (AvgIpc) is 2.08. The van der Waals surface area contributed by atoms with Crippen molar-refractivity contribution in [3.05, 3.63) is 0 Å². The molecule has 0 bridgehead atoms. The van der Waals surface area contributed by atoms with Gasteiger partial charge in [0, 0.05) is 12.5 Å². The van der Waals surface area contributed by atoms with Gasteiger partial charge in [-0.2, -0.15) is 0 Å². The summed E-state index contributed by atoms with van der Waals surface area (Å²) in [5.74, 6) is -0.451. The Morgan fingerprint density at radius 1 is 1.21 bits per heavy atom. The monoisotopic (exact) mass is 244 g/mol. The van der Waals surface area contributed by atoms with Gasteiger partial charge in [0.2, 0.25) is 0 Å². The molecule has 0 saturated carbocycles. The zero-order valence-corrected chi connectivity index (χ0v) is 10.1. The molecule has 14 heavy (non-hydrogen) atoms. The first kappa shape index (κ1) is 14.5. The third-order valence-corrected chi connectivity index (χ3v) is 2.96. The fraction of sp³-hybridized carbons (Fsp3) is 1.00. The van der Waals surface area contributed by atoms with E-state index in [2.05, 4.69) is 6.92 Å². The molecule has 0 aromatic carbocycles. The van der Waals surface area contributed by atoms with Gasteiger partial charge in [-0.3, -0.25) is 0 Å². The Kier molecular flexibility index (Phi) is 7.98. The van der Waals surface area contributed by atoms with E-state index in [4.69, 9.17) is 28.3 Å². The summed E-state index contributed by atoms with van der Waals surface area (Å²) in [6.07, 6.45) is 5.26. The van der Waals surface area contributed by atoms with Gasteiger partial charge < -0.3 is 5.11 Å². The lowest BCUT2D eigenvalue weighted by Gasteiger charge is -2.21. The van der Waals surface area contributed by atoms with Crippen LogP contribution in [0.5, 0.6) is 0 Å². The lowest BCUT2D eigenvalue weighted by atomic mass is 9.98. The number of aliphatic hydroxyl groups is 1. The van der Waals surface area contributed by atoms with E-state index in [0.717, 1.165) is 25.7 Å². The maximum atomic E-state index is 13.2. The number of alkyl halides is 3. The van der Waals surface area contributed by atoms with E-state index in [1.807, 2.05) is 0 Å². The van der Waals surface area contributed by atoms with Crippen LogP contribution in [0.4, 0.5) is 4.39 Å². The first-order chi connectivity index (χ1) is 6.52. The fourth-order valence-corrected chi connectivity index (χ4v) is 1.88. The van der Waals surface area contributed by atoms with Gasteiger partial charge in [0.25, 0.3) is 4.59 Å². The number of hydrogen-bond acceptors (Lipinski definition) is 1. The van der Waals surface area contributed by atoms with Crippen LogP contribution in [0.2, 0.25) is 0 Å². The maximum absolute atomic E-state index is 13.2. The number of aliphatic hydroxyl groups excluding tert-OH is 1. The largest absolute Gasteiger partial charge is 0.396 e. The number of hydrogen-bond donors (Lipinski definition) is 1. The molecule has 0 heterocycles. The van der Waals surface area contributed by atoms with Crippen molar-refractivity contribution in [1.29, 1.82) is 0 Å². The van der Waals surface area contributed by atoms with Crippen molar-refractivity contribution in [3.8, 4) is 0 Å².